The van der Waals surface area contributed by atoms with Gasteiger partial charge < -0.3 is 20.4 Å². The normalized spacial score (nSPS) is 16.8. The fourth-order valence-electron chi connectivity index (χ4n) is 3.34. The molecule has 0 bridgehead atoms. The van der Waals surface area contributed by atoms with Gasteiger partial charge in [-0.25, -0.2) is 9.97 Å². The number of nitrogens with zero attached hydrogens (tertiary/aromatic N) is 5. The lowest BCUT2D eigenvalue weighted by molar-refractivity contribution is -0.115. The summed E-state index contributed by atoms with van der Waals surface area (Å²) in [6, 6.07) is 9.77. The molecule has 2 aliphatic heterocycles. The van der Waals surface area contributed by atoms with Gasteiger partial charge in [0, 0.05) is 49.2 Å². The van der Waals surface area contributed by atoms with Gasteiger partial charge in [-0.05, 0) is 54.9 Å². The van der Waals surface area contributed by atoms with E-state index in [2.05, 4.69) is 45.5 Å². The van der Waals surface area contributed by atoms with E-state index in [4.69, 9.17) is 9.97 Å². The van der Waals surface area contributed by atoms with Crippen molar-refractivity contribution in [3.05, 3.63) is 41.3 Å². The van der Waals surface area contributed by atoms with E-state index in [0.29, 0.717) is 18.1 Å². The number of rotatable bonds is 6. The number of anilines is 3. The minimum absolute atomic E-state index is 0.00269. The lowest BCUT2D eigenvalue weighted by Gasteiger charge is -2.33. The van der Waals surface area contributed by atoms with Gasteiger partial charge in [0.2, 0.25) is 5.91 Å². The van der Waals surface area contributed by atoms with Crippen molar-refractivity contribution in [2.45, 2.75) is 30.3 Å². The number of carbonyl (C=O) groups excluding carboxylic acids is 1. The molecule has 4 rings (SSSR count). The van der Waals surface area contributed by atoms with E-state index >= 15 is 0 Å². The molecule has 10 heteroatoms. The number of amides is 1. The van der Waals surface area contributed by atoms with Crippen LogP contribution >= 0.6 is 23.5 Å². The van der Waals surface area contributed by atoms with E-state index in [1.54, 1.807) is 11.8 Å². The summed E-state index contributed by atoms with van der Waals surface area (Å²) in [6.07, 6.45) is 2.57. The second-order valence-electron chi connectivity index (χ2n) is 7.90. The van der Waals surface area contributed by atoms with Crippen molar-refractivity contribution in [3.8, 4) is 0 Å². The highest BCUT2D eigenvalue weighted by molar-refractivity contribution is 8.17. The van der Waals surface area contributed by atoms with Crippen LogP contribution in [0.1, 0.15) is 20.3 Å². The molecule has 8 nitrogen and oxygen atoms in total. The first-order valence-electron chi connectivity index (χ1n) is 11.0. The average Bonchev–Trinajstić information content (AvgIpc) is 2.80. The highest BCUT2D eigenvalue weighted by Crippen LogP contribution is 2.30. The van der Waals surface area contributed by atoms with Crippen molar-refractivity contribution >= 4 is 51.9 Å². The second-order valence-corrected chi connectivity index (χ2v) is 10.2. The molecule has 3 heterocycles. The van der Waals surface area contributed by atoms with E-state index in [1.165, 1.54) is 16.7 Å². The molecular formula is C23H29N7OS2. The first kappa shape index (κ1) is 23.6. The van der Waals surface area contributed by atoms with Crippen molar-refractivity contribution < 1.29 is 4.79 Å². The van der Waals surface area contributed by atoms with Crippen molar-refractivity contribution in [1.82, 2.24) is 14.9 Å². The van der Waals surface area contributed by atoms with Crippen molar-refractivity contribution in [2.24, 2.45) is 4.99 Å². The maximum absolute atomic E-state index is 11.6. The van der Waals surface area contributed by atoms with Crippen LogP contribution in [0.15, 0.2) is 56.4 Å². The Bertz CT molecular complexity index is 1050. The van der Waals surface area contributed by atoms with Crippen molar-refractivity contribution in [3.63, 3.8) is 0 Å². The van der Waals surface area contributed by atoms with Gasteiger partial charge in [0.25, 0.3) is 0 Å². The lowest BCUT2D eigenvalue weighted by Crippen LogP contribution is -2.44. The van der Waals surface area contributed by atoms with Gasteiger partial charge in [0.1, 0.15) is 11.6 Å². The topological polar surface area (TPSA) is 85.7 Å². The number of allylic oxidation sites excluding steroid dienone is 1. The zero-order valence-electron chi connectivity index (χ0n) is 19.2. The van der Waals surface area contributed by atoms with Gasteiger partial charge in [-0.1, -0.05) is 24.8 Å². The third kappa shape index (κ3) is 6.72. The quantitative estimate of drug-likeness (QED) is 0.593. The molecule has 0 aliphatic carbocycles. The number of nitrogens with one attached hydrogen (secondary N) is 2. The number of aromatic nitrogens is 2. The summed E-state index contributed by atoms with van der Waals surface area (Å²) >= 11 is 3.13. The zero-order valence-corrected chi connectivity index (χ0v) is 20.8. The Labute approximate surface area is 203 Å². The molecule has 1 saturated heterocycles. The molecule has 33 heavy (non-hydrogen) atoms. The summed E-state index contributed by atoms with van der Waals surface area (Å²) in [7, 11) is 2.15. The maximum Gasteiger partial charge on any atom is 0.224 e. The molecule has 174 valence electrons. The number of hydrogen-bond acceptors (Lipinski definition) is 9. The van der Waals surface area contributed by atoms with Crippen molar-refractivity contribution in [1.29, 1.82) is 0 Å². The molecule has 0 atom stereocenters. The highest BCUT2D eigenvalue weighted by atomic mass is 32.2. The molecule has 1 fully saturated rings. The molecule has 1 aromatic heterocycles. The van der Waals surface area contributed by atoms with Gasteiger partial charge in [-0.2, -0.15) is 0 Å². The van der Waals surface area contributed by atoms with Gasteiger partial charge in [-0.15, -0.1) is 0 Å². The van der Waals surface area contributed by atoms with E-state index in [9.17, 15) is 4.79 Å². The molecule has 2 N–H and O–H groups in total. The van der Waals surface area contributed by atoms with Crippen LogP contribution in [0.3, 0.4) is 0 Å². The first-order chi connectivity index (χ1) is 16.0. The predicted octanol–water partition coefficient (Wildman–Crippen LogP) is 4.15. The average molecular weight is 484 g/mol. The maximum atomic E-state index is 11.6. The fourth-order valence-corrected chi connectivity index (χ4v) is 4.86. The summed E-state index contributed by atoms with van der Waals surface area (Å²) in [5.74, 6) is 1.67. The molecule has 2 aliphatic rings. The Kier molecular flexibility index (Phi) is 7.89. The number of likely N-dealkylation sites (N-methyl/N-ethyl adjacent to an activating group) is 1. The van der Waals surface area contributed by atoms with Crippen LogP contribution in [0, 0.1) is 0 Å². The van der Waals surface area contributed by atoms with Crippen LogP contribution in [-0.4, -0.2) is 65.7 Å². The SMILES string of the molecule is CCC(=O)Nc1ccc(Sc2nc(NC3=NCC=C(C)S3)cc(N3CCN(C)CC3)n2)cc1. The summed E-state index contributed by atoms with van der Waals surface area (Å²) in [4.78, 5) is 32.7. The largest absolute Gasteiger partial charge is 0.354 e. The number of piperazine rings is 1. The van der Waals surface area contributed by atoms with E-state index in [1.807, 2.05) is 37.3 Å². The monoisotopic (exact) mass is 483 g/mol. The number of hydrogen-bond donors (Lipinski definition) is 2. The van der Waals surface area contributed by atoms with E-state index in [0.717, 1.165) is 53.6 Å². The second kappa shape index (κ2) is 11.0. The van der Waals surface area contributed by atoms with Crippen LogP contribution in [0.2, 0.25) is 0 Å². The lowest BCUT2D eigenvalue weighted by atomic mass is 10.3. The minimum Gasteiger partial charge on any atom is -0.354 e. The Balaban J connectivity index is 1.54. The van der Waals surface area contributed by atoms with Crippen LogP contribution in [-0.2, 0) is 4.79 Å². The van der Waals surface area contributed by atoms with E-state index in [-0.39, 0.29) is 5.91 Å². The molecule has 2 aromatic rings. The van der Waals surface area contributed by atoms with E-state index < -0.39 is 0 Å². The summed E-state index contributed by atoms with van der Waals surface area (Å²) in [5, 5.41) is 7.79. The summed E-state index contributed by atoms with van der Waals surface area (Å²) in [5.41, 5.74) is 0.788. The number of amidine groups is 1. The third-order valence-electron chi connectivity index (χ3n) is 5.29. The van der Waals surface area contributed by atoms with Crippen LogP contribution in [0.25, 0.3) is 0 Å². The zero-order chi connectivity index (χ0) is 23.2. The Morgan fingerprint density at radius 2 is 1.91 bits per heavy atom. The molecule has 1 amide bonds. The molecule has 0 spiro atoms. The third-order valence-corrected chi connectivity index (χ3v) is 7.08. The van der Waals surface area contributed by atoms with Crippen LogP contribution in [0.5, 0.6) is 0 Å². The van der Waals surface area contributed by atoms with Crippen molar-refractivity contribution in [2.75, 3.05) is 55.3 Å². The van der Waals surface area contributed by atoms with Gasteiger partial charge in [-0.3, -0.25) is 9.79 Å². The molecule has 0 unspecified atom stereocenters. The van der Waals surface area contributed by atoms with Gasteiger partial charge >= 0.3 is 0 Å². The number of aliphatic imine (C=N–C) groups is 1. The van der Waals surface area contributed by atoms with Crippen LogP contribution < -0.4 is 15.5 Å². The Hall–Kier alpha value is -2.56. The predicted molar refractivity (Wildman–Crippen MR) is 139 cm³/mol. The van der Waals surface area contributed by atoms with Crippen LogP contribution in [0.4, 0.5) is 17.3 Å². The van der Waals surface area contributed by atoms with Gasteiger partial charge in [0.15, 0.2) is 10.3 Å². The molecule has 0 saturated carbocycles. The fraction of sp³-hybridized carbons (Fsp3) is 0.391. The molecule has 0 radical (unpaired) electrons. The molecular weight excluding hydrogens is 454 g/mol. The number of thioether (sulfide) groups is 1. The highest BCUT2D eigenvalue weighted by Gasteiger charge is 2.18. The molecule has 1 aromatic carbocycles. The number of carbonyl (C=O) groups is 1. The standard InChI is InChI=1S/C23H29N7OS2/c1-4-21(31)25-17-5-7-18(8-6-17)33-23-27-19(26-22-24-10-9-16(2)32-22)15-20(28-23)30-13-11-29(3)12-14-30/h5-9,15H,4,10-14H2,1-3H3,(H,25,31)(H,24,26,27,28). The summed E-state index contributed by atoms with van der Waals surface area (Å²) < 4.78 is 0. The Morgan fingerprint density at radius 1 is 1.15 bits per heavy atom. The number of benzene rings is 1. The Morgan fingerprint density at radius 3 is 2.61 bits per heavy atom. The first-order valence-corrected chi connectivity index (χ1v) is 12.7. The smallest absolute Gasteiger partial charge is 0.224 e. The van der Waals surface area contributed by atoms with Gasteiger partial charge in [0.05, 0.1) is 6.54 Å². The summed E-state index contributed by atoms with van der Waals surface area (Å²) in [6.45, 7) is 8.48. The minimum atomic E-state index is 0.00269.